The summed E-state index contributed by atoms with van der Waals surface area (Å²) < 4.78 is 5.77. The van der Waals surface area contributed by atoms with Gasteiger partial charge in [-0.05, 0) is 60.1 Å². The molecule has 162 valence electrons. The number of benzene rings is 2. The van der Waals surface area contributed by atoms with Crippen molar-refractivity contribution < 1.29 is 19.2 Å². The van der Waals surface area contributed by atoms with Gasteiger partial charge in [0.25, 0.3) is 17.5 Å². The Morgan fingerprint density at radius 3 is 2.28 bits per heavy atom. The third-order valence-corrected chi connectivity index (χ3v) is 6.47. The molecule has 3 aliphatic carbocycles. The Morgan fingerprint density at radius 2 is 1.69 bits per heavy atom. The third-order valence-electron chi connectivity index (χ3n) is 6.47. The number of amides is 2. The normalized spacial score (nSPS) is 26.1. The highest BCUT2D eigenvalue weighted by atomic mass is 16.6. The number of hydrazone groups is 1. The number of imide groups is 1. The van der Waals surface area contributed by atoms with Gasteiger partial charge < -0.3 is 4.74 Å². The topological polar surface area (TPSA) is 102 Å². The van der Waals surface area contributed by atoms with Crippen molar-refractivity contribution >= 4 is 23.7 Å². The van der Waals surface area contributed by atoms with Crippen molar-refractivity contribution in [3.8, 4) is 5.75 Å². The molecule has 6 rings (SSSR count). The smallest absolute Gasteiger partial charge is 0.269 e. The van der Waals surface area contributed by atoms with E-state index in [0.717, 1.165) is 23.4 Å². The fourth-order valence-electron chi connectivity index (χ4n) is 4.86. The molecule has 1 aliphatic heterocycles. The largest absolute Gasteiger partial charge is 0.489 e. The first-order chi connectivity index (χ1) is 15.5. The lowest BCUT2D eigenvalue weighted by Crippen LogP contribution is -2.38. The first kappa shape index (κ1) is 20.1. The molecule has 2 aromatic rings. The van der Waals surface area contributed by atoms with E-state index in [4.69, 9.17) is 4.74 Å². The number of allylic oxidation sites excluding steroid dienone is 2. The van der Waals surface area contributed by atoms with Crippen molar-refractivity contribution in [2.75, 3.05) is 0 Å². The van der Waals surface area contributed by atoms with E-state index in [2.05, 4.69) is 17.3 Å². The van der Waals surface area contributed by atoms with Gasteiger partial charge in [-0.1, -0.05) is 24.3 Å². The fourth-order valence-corrected chi connectivity index (χ4v) is 4.86. The van der Waals surface area contributed by atoms with E-state index < -0.39 is 4.92 Å². The summed E-state index contributed by atoms with van der Waals surface area (Å²) in [5.74, 6) is -0.112. The van der Waals surface area contributed by atoms with Gasteiger partial charge in [0.2, 0.25) is 0 Å². The Labute approximate surface area is 184 Å². The Morgan fingerprint density at radius 1 is 1.03 bits per heavy atom. The molecule has 8 heteroatoms. The highest BCUT2D eigenvalue weighted by molar-refractivity contribution is 6.06. The average molecular weight is 431 g/mol. The summed E-state index contributed by atoms with van der Waals surface area (Å²) in [7, 11) is 0. The number of nitro groups is 1. The van der Waals surface area contributed by atoms with Crippen LogP contribution in [-0.4, -0.2) is 28.0 Å². The lowest BCUT2D eigenvalue weighted by atomic mass is 9.63. The van der Waals surface area contributed by atoms with Gasteiger partial charge in [-0.2, -0.15) is 10.1 Å². The number of nitrogens with zero attached hydrogens (tertiary/aromatic N) is 3. The summed E-state index contributed by atoms with van der Waals surface area (Å²) in [6, 6.07) is 13.3. The van der Waals surface area contributed by atoms with Gasteiger partial charge in [0.05, 0.1) is 23.0 Å². The summed E-state index contributed by atoms with van der Waals surface area (Å²) in [6.07, 6.45) is 7.57. The second kappa shape index (κ2) is 8.03. The number of hydrogen-bond acceptors (Lipinski definition) is 6. The second-order valence-corrected chi connectivity index (χ2v) is 8.36. The molecule has 1 saturated heterocycles. The van der Waals surface area contributed by atoms with Crippen LogP contribution in [-0.2, 0) is 16.2 Å². The van der Waals surface area contributed by atoms with Gasteiger partial charge in [-0.3, -0.25) is 19.7 Å². The van der Waals surface area contributed by atoms with Gasteiger partial charge in [0.1, 0.15) is 12.4 Å². The van der Waals surface area contributed by atoms with Crippen LogP contribution < -0.4 is 4.74 Å². The molecular weight excluding hydrogens is 410 g/mol. The molecule has 0 radical (unpaired) electrons. The SMILES string of the molecule is O=C1[C@@H]2[C@@H](C(=O)N1/N=C\c1cccc(OCc3ccc([N+](=O)[O-])cc3)c1)[C@H]1C=C[C@H]2CC1. The molecule has 0 unspecified atom stereocenters. The fraction of sp³-hybridized carbons (Fsp3) is 0.292. The maximum absolute atomic E-state index is 12.8. The summed E-state index contributed by atoms with van der Waals surface area (Å²) >= 11 is 0. The van der Waals surface area contributed by atoms with Crippen LogP contribution >= 0.6 is 0 Å². The minimum absolute atomic E-state index is 0.0293. The number of fused-ring (bicyclic) bond motifs is 1. The van der Waals surface area contributed by atoms with Crippen molar-refractivity contribution in [1.29, 1.82) is 0 Å². The van der Waals surface area contributed by atoms with Crippen LogP contribution in [0.3, 0.4) is 0 Å². The van der Waals surface area contributed by atoms with Gasteiger partial charge in [0, 0.05) is 12.1 Å². The Bertz CT molecular complexity index is 1110. The standard InChI is InChI=1S/C24H21N3O5/c28-23-21-17-6-7-18(9-8-17)22(21)24(29)26(23)25-13-16-2-1-3-20(12-16)32-14-15-4-10-19(11-5-15)27(30)31/h1-7,10-13,17-18,21-22H,8-9,14H2/b25-13-/t17-,18-,21-,22-/m0/s1. The van der Waals surface area contributed by atoms with E-state index in [9.17, 15) is 19.7 Å². The molecule has 0 aromatic heterocycles. The minimum Gasteiger partial charge on any atom is -0.489 e. The quantitative estimate of drug-likeness (QED) is 0.228. The van der Waals surface area contributed by atoms with E-state index in [-0.39, 0.29) is 47.8 Å². The molecule has 8 nitrogen and oxygen atoms in total. The minimum atomic E-state index is -0.445. The number of rotatable bonds is 6. The highest BCUT2D eigenvalue weighted by Crippen LogP contribution is 2.49. The molecule has 2 fully saturated rings. The van der Waals surface area contributed by atoms with Crippen LogP contribution in [0.2, 0.25) is 0 Å². The molecule has 2 bridgehead atoms. The second-order valence-electron chi connectivity index (χ2n) is 8.36. The van der Waals surface area contributed by atoms with E-state index in [1.807, 2.05) is 6.07 Å². The lowest BCUT2D eigenvalue weighted by molar-refractivity contribution is -0.384. The third kappa shape index (κ3) is 3.57. The van der Waals surface area contributed by atoms with Crippen LogP contribution in [0, 0.1) is 33.8 Å². The lowest BCUT2D eigenvalue weighted by Gasteiger charge is -2.37. The van der Waals surface area contributed by atoms with Crippen LogP contribution in [0.15, 0.2) is 65.8 Å². The zero-order valence-corrected chi connectivity index (χ0v) is 17.2. The Balaban J connectivity index is 1.25. The predicted octanol–water partition coefficient (Wildman–Crippen LogP) is 3.70. The van der Waals surface area contributed by atoms with E-state index in [0.29, 0.717) is 11.3 Å². The zero-order chi connectivity index (χ0) is 22.2. The van der Waals surface area contributed by atoms with Crippen molar-refractivity contribution in [1.82, 2.24) is 5.01 Å². The number of hydrogen-bond donors (Lipinski definition) is 0. The van der Waals surface area contributed by atoms with Crippen LogP contribution in [0.1, 0.15) is 24.0 Å². The van der Waals surface area contributed by atoms with E-state index in [1.165, 1.54) is 18.3 Å². The molecule has 1 saturated carbocycles. The molecule has 2 aromatic carbocycles. The number of carbonyl (C=O) groups is 2. The Hall–Kier alpha value is -3.81. The molecule has 1 heterocycles. The molecule has 4 atom stereocenters. The molecule has 32 heavy (non-hydrogen) atoms. The monoisotopic (exact) mass is 431 g/mol. The first-order valence-corrected chi connectivity index (χ1v) is 10.6. The van der Waals surface area contributed by atoms with Gasteiger partial charge >= 0.3 is 0 Å². The molecule has 2 amide bonds. The summed E-state index contributed by atoms with van der Waals surface area (Å²) in [5.41, 5.74) is 1.53. The summed E-state index contributed by atoms with van der Waals surface area (Å²) in [6.45, 7) is 0.251. The summed E-state index contributed by atoms with van der Waals surface area (Å²) in [4.78, 5) is 36.0. The van der Waals surface area contributed by atoms with Crippen molar-refractivity contribution in [2.45, 2.75) is 19.4 Å². The number of carbonyl (C=O) groups excluding carboxylic acids is 2. The van der Waals surface area contributed by atoms with Gasteiger partial charge in [-0.15, -0.1) is 0 Å². The van der Waals surface area contributed by atoms with Crippen molar-refractivity contribution in [3.63, 3.8) is 0 Å². The van der Waals surface area contributed by atoms with E-state index in [1.54, 1.807) is 30.3 Å². The predicted molar refractivity (Wildman–Crippen MR) is 116 cm³/mol. The molecule has 0 N–H and O–H groups in total. The molecule has 0 spiro atoms. The maximum Gasteiger partial charge on any atom is 0.269 e. The highest BCUT2D eigenvalue weighted by Gasteiger charge is 2.56. The van der Waals surface area contributed by atoms with Crippen LogP contribution in [0.4, 0.5) is 5.69 Å². The average Bonchev–Trinajstić information content (AvgIpc) is 3.09. The van der Waals surface area contributed by atoms with Gasteiger partial charge in [0.15, 0.2) is 0 Å². The maximum atomic E-state index is 12.8. The summed E-state index contributed by atoms with van der Waals surface area (Å²) in [5, 5.41) is 16.0. The van der Waals surface area contributed by atoms with Crippen LogP contribution in [0.25, 0.3) is 0 Å². The van der Waals surface area contributed by atoms with Crippen LogP contribution in [0.5, 0.6) is 5.75 Å². The zero-order valence-electron chi connectivity index (χ0n) is 17.2. The van der Waals surface area contributed by atoms with E-state index >= 15 is 0 Å². The number of nitro benzene ring substituents is 1. The first-order valence-electron chi connectivity index (χ1n) is 10.6. The molecule has 4 aliphatic rings. The Kier molecular flexibility index (Phi) is 5.05. The number of ether oxygens (including phenoxy) is 1. The molecular formula is C24H21N3O5. The number of non-ortho nitro benzene ring substituents is 1. The van der Waals surface area contributed by atoms with Gasteiger partial charge in [-0.25, -0.2) is 0 Å². The van der Waals surface area contributed by atoms with Crippen molar-refractivity contribution in [2.24, 2.45) is 28.8 Å². The van der Waals surface area contributed by atoms with Crippen molar-refractivity contribution in [3.05, 3.63) is 81.9 Å².